The maximum Gasteiger partial charge on any atom is 2.00 e. The van der Waals surface area contributed by atoms with Crippen LogP contribution in [0, 0.1) is 29.3 Å². The van der Waals surface area contributed by atoms with Crippen molar-refractivity contribution in [1.29, 1.82) is 0 Å². The number of benzene rings is 3. The van der Waals surface area contributed by atoms with Crippen molar-refractivity contribution in [2.45, 2.75) is 85.2 Å². The van der Waals surface area contributed by atoms with E-state index in [4.69, 9.17) is 0 Å². The summed E-state index contributed by atoms with van der Waals surface area (Å²) < 4.78 is 68.2. The van der Waals surface area contributed by atoms with E-state index in [1.54, 1.807) is 6.20 Å². The zero-order chi connectivity index (χ0) is 41.4. The third kappa shape index (κ3) is 8.05. The molecule has 2 aliphatic rings. The van der Waals surface area contributed by atoms with Crippen LogP contribution in [0.25, 0.3) is 28.2 Å². The van der Waals surface area contributed by atoms with E-state index >= 15 is 13.2 Å². The number of fused-ring (bicyclic) bond motifs is 1. The number of hydrogen-bond acceptors (Lipinski definition) is 0. The predicted octanol–water partition coefficient (Wildman–Crippen LogP) is 11.4. The van der Waals surface area contributed by atoms with Crippen LogP contribution in [0.5, 0.6) is 0 Å². The van der Waals surface area contributed by atoms with Crippen molar-refractivity contribution >= 4 is 56.9 Å². The Hall–Kier alpha value is -4.21. The Labute approximate surface area is 378 Å². The molecule has 1 atom stereocenters. The van der Waals surface area contributed by atoms with Gasteiger partial charge in [0.25, 0.3) is 0 Å². The zero-order valence-corrected chi connectivity index (χ0v) is 38.5. The van der Waals surface area contributed by atoms with Crippen LogP contribution in [0.15, 0.2) is 128 Å². The molecule has 0 saturated heterocycles. The molecule has 3 heterocycles. The second-order valence-electron chi connectivity index (χ2n) is 16.2. The third-order valence-electron chi connectivity index (χ3n) is 10.6. The van der Waals surface area contributed by atoms with Gasteiger partial charge in [0.1, 0.15) is 28.5 Å². The SMILES string of the molecule is C=C1c2ccccc2C(c2cc(F)cc(F)c2-c2cc(C(C)(C)C)cc[nH+]2)([n+]2ccc(C(C)(C)C)cc2-c2[c-]cc(F)cc2F)/[N+]1=C1\C=CC=CC\C1=C\C.CC.[Sr+2]. The number of aromatic amines is 1. The molecule has 0 bridgehead atoms. The quantitative estimate of drug-likeness (QED) is 0.0743. The molecule has 58 heavy (non-hydrogen) atoms. The standard InChI is InChI=1S/C48H44F4N3.C2H6.Sr/c1-9-31-15-11-10-12-18-43(31)55-30(2)36-16-13-14-17-38(36)48(55,39-27-35(50)29-41(52)45(39)42-25-32(21-23-53-42)46(3,4)5)54-24-22-33(47(6,7)8)26-44(54)37-20-19-34(49)28-40(37)51;1-2;/h9-14,16-19,21-29H,2,15H2,1,3-8H3;1-2H3;/q+1;;+2/p+1/b31-9-,55-43+;;. The number of nitrogens with one attached hydrogen (secondary N) is 1. The minimum atomic E-state index is -1.66. The van der Waals surface area contributed by atoms with Gasteiger partial charge in [-0.15, -0.1) is 16.7 Å². The zero-order valence-electron chi connectivity index (χ0n) is 35.0. The number of nitrogens with zero attached hydrogens (tertiary/aromatic N) is 2. The van der Waals surface area contributed by atoms with Gasteiger partial charge in [0, 0.05) is 47.5 Å². The van der Waals surface area contributed by atoms with Gasteiger partial charge in [0.05, 0.1) is 11.1 Å². The van der Waals surface area contributed by atoms with Gasteiger partial charge in [-0.25, -0.2) is 13.8 Å². The molecule has 1 aliphatic heterocycles. The normalized spacial score (nSPS) is 18.4. The molecular weight excluding hydrogens is 806 g/mol. The van der Waals surface area contributed by atoms with Crippen LogP contribution >= 0.6 is 0 Å². The molecule has 5 aromatic rings. The van der Waals surface area contributed by atoms with E-state index in [2.05, 4.69) is 38.4 Å². The number of rotatable bonds is 4. The number of H-pyrrole nitrogens is 1. The van der Waals surface area contributed by atoms with E-state index < -0.39 is 34.3 Å². The van der Waals surface area contributed by atoms with Gasteiger partial charge in [-0.3, -0.25) is 8.78 Å². The molecule has 3 aromatic carbocycles. The van der Waals surface area contributed by atoms with Crippen molar-refractivity contribution in [3.05, 3.63) is 185 Å². The summed E-state index contributed by atoms with van der Waals surface area (Å²) in [6.45, 7) is 23.0. The van der Waals surface area contributed by atoms with Crippen LogP contribution in [-0.4, -0.2) is 55.8 Å². The molecular formula is C50H51F4N3Sr+4. The minimum Gasteiger partial charge on any atom is -0.265 e. The number of hydrogen-bond donors (Lipinski definition) is 0. The molecule has 0 fully saturated rings. The summed E-state index contributed by atoms with van der Waals surface area (Å²) in [6.07, 6.45) is 14.1. The minimum absolute atomic E-state index is 0. The summed E-state index contributed by atoms with van der Waals surface area (Å²) in [5.41, 5.74) is 4.20. The molecule has 292 valence electrons. The number of allylic oxidation sites excluding steroid dienone is 6. The predicted molar refractivity (Wildman–Crippen MR) is 227 cm³/mol. The number of pyridine rings is 2. The summed E-state index contributed by atoms with van der Waals surface area (Å²) in [5, 5.41) is 0. The molecule has 0 spiro atoms. The van der Waals surface area contributed by atoms with Gasteiger partial charge < -0.3 is 0 Å². The maximum atomic E-state index is 17.1. The summed E-state index contributed by atoms with van der Waals surface area (Å²) in [6, 6.07) is 22.4. The third-order valence-corrected chi connectivity index (χ3v) is 10.6. The van der Waals surface area contributed by atoms with Crippen LogP contribution in [0.4, 0.5) is 17.6 Å². The van der Waals surface area contributed by atoms with Gasteiger partial charge in [0.2, 0.25) is 17.1 Å². The first-order valence-corrected chi connectivity index (χ1v) is 19.5. The van der Waals surface area contributed by atoms with E-state index in [1.807, 2.05) is 136 Å². The molecule has 0 saturated carbocycles. The van der Waals surface area contributed by atoms with Crippen molar-refractivity contribution < 1.29 is 31.7 Å². The second kappa shape index (κ2) is 17.6. The smallest absolute Gasteiger partial charge is 0.265 e. The van der Waals surface area contributed by atoms with Gasteiger partial charge in [-0.05, 0) is 71.7 Å². The van der Waals surface area contributed by atoms with Gasteiger partial charge in [-0.1, -0.05) is 97.9 Å². The van der Waals surface area contributed by atoms with E-state index in [0.29, 0.717) is 29.1 Å². The molecule has 1 unspecified atom stereocenters. The van der Waals surface area contributed by atoms with Crippen molar-refractivity contribution in [1.82, 2.24) is 0 Å². The number of halogens is 4. The van der Waals surface area contributed by atoms with Crippen LogP contribution in [0.1, 0.15) is 96.6 Å². The fraction of sp³-hybridized carbons (Fsp3) is 0.260. The number of aromatic nitrogens is 2. The summed E-state index contributed by atoms with van der Waals surface area (Å²) >= 11 is 0. The van der Waals surface area contributed by atoms with Gasteiger partial charge in [0.15, 0.2) is 12.4 Å². The largest absolute Gasteiger partial charge is 2.00 e. The van der Waals surface area contributed by atoms with Crippen LogP contribution < -0.4 is 9.55 Å². The molecule has 3 nitrogen and oxygen atoms in total. The average molecular weight is 858 g/mol. The molecule has 2 aromatic heterocycles. The fourth-order valence-corrected chi connectivity index (χ4v) is 7.83. The molecule has 7 rings (SSSR count). The Morgan fingerprint density at radius 1 is 0.810 bits per heavy atom. The maximum absolute atomic E-state index is 17.1. The molecule has 8 heteroatoms. The molecule has 1 aliphatic carbocycles. The second-order valence-corrected chi connectivity index (χ2v) is 16.2. The molecule has 0 amide bonds. The van der Waals surface area contributed by atoms with Crippen molar-refractivity contribution in [2.75, 3.05) is 0 Å². The Bertz CT molecular complexity index is 2520. The first-order valence-electron chi connectivity index (χ1n) is 19.5. The average Bonchev–Trinajstić information content (AvgIpc) is 3.26. The van der Waals surface area contributed by atoms with E-state index in [0.717, 1.165) is 46.2 Å². The van der Waals surface area contributed by atoms with E-state index in [-0.39, 0.29) is 67.6 Å². The fourth-order valence-electron chi connectivity index (χ4n) is 7.83. The van der Waals surface area contributed by atoms with Crippen molar-refractivity contribution in [2.24, 2.45) is 0 Å². The van der Waals surface area contributed by atoms with E-state index in [9.17, 15) is 4.39 Å². The monoisotopic (exact) mass is 857 g/mol. The summed E-state index contributed by atoms with van der Waals surface area (Å²) in [4.78, 5) is 3.28. The Balaban J connectivity index is 0.00000210. The van der Waals surface area contributed by atoms with Crippen LogP contribution in [0.2, 0.25) is 0 Å². The van der Waals surface area contributed by atoms with Gasteiger partial charge in [-0.2, -0.15) is 4.57 Å². The Morgan fingerprint density at radius 3 is 2.16 bits per heavy atom. The first-order chi connectivity index (χ1) is 27.1. The first kappa shape index (κ1) is 44.9. The van der Waals surface area contributed by atoms with Crippen LogP contribution in [0.3, 0.4) is 0 Å². The Morgan fingerprint density at radius 2 is 1.48 bits per heavy atom. The summed E-state index contributed by atoms with van der Waals surface area (Å²) in [7, 11) is 0. The van der Waals surface area contributed by atoms with Crippen molar-refractivity contribution in [3.63, 3.8) is 0 Å². The molecule has 0 radical (unpaired) electrons. The molecule has 1 N–H and O–H groups in total. The van der Waals surface area contributed by atoms with Crippen molar-refractivity contribution in [3.8, 4) is 22.5 Å². The van der Waals surface area contributed by atoms with Gasteiger partial charge >= 0.3 is 51.1 Å². The summed E-state index contributed by atoms with van der Waals surface area (Å²) in [5.74, 6) is -3.18. The topological polar surface area (TPSA) is 21.0 Å². The van der Waals surface area contributed by atoms with Crippen LogP contribution in [-0.2, 0) is 16.5 Å². The van der Waals surface area contributed by atoms with E-state index in [1.165, 1.54) is 6.07 Å². The Kier molecular flexibility index (Phi) is 13.6.